The molecule has 2 atom stereocenters. The van der Waals surface area contributed by atoms with Crippen LogP contribution in [0.15, 0.2) is 18.6 Å². The number of anilines is 1. The van der Waals surface area contributed by atoms with E-state index in [1.807, 2.05) is 43.1 Å². The van der Waals surface area contributed by atoms with Crippen LogP contribution in [0, 0.1) is 5.92 Å². The molecule has 1 aliphatic heterocycles. The Balaban J connectivity index is 1.52. The molecular weight excluding hydrogens is 298 g/mol. The van der Waals surface area contributed by atoms with Crippen molar-refractivity contribution in [3.63, 3.8) is 0 Å². The Morgan fingerprint density at radius 1 is 1.45 bits per heavy atom. The SMILES string of the molecule is CN(C)c1ncc(CNCC2CCOC2c2cnn(C)c2)s1. The monoisotopic (exact) mass is 321 g/mol. The number of rotatable bonds is 6. The van der Waals surface area contributed by atoms with Gasteiger partial charge in [-0.15, -0.1) is 11.3 Å². The lowest BCUT2D eigenvalue weighted by Gasteiger charge is -2.17. The second-order valence-electron chi connectivity index (χ2n) is 5.92. The topological polar surface area (TPSA) is 55.2 Å². The van der Waals surface area contributed by atoms with E-state index in [9.17, 15) is 0 Å². The highest BCUT2D eigenvalue weighted by Crippen LogP contribution is 2.33. The normalized spacial score (nSPS) is 21.4. The van der Waals surface area contributed by atoms with Gasteiger partial charge >= 0.3 is 0 Å². The molecule has 6 nitrogen and oxygen atoms in total. The lowest BCUT2D eigenvalue weighted by atomic mass is 9.97. The van der Waals surface area contributed by atoms with Crippen molar-refractivity contribution in [2.45, 2.75) is 19.1 Å². The summed E-state index contributed by atoms with van der Waals surface area (Å²) in [4.78, 5) is 7.70. The molecule has 3 rings (SSSR count). The Labute approximate surface area is 135 Å². The average Bonchev–Trinajstić information content (AvgIpc) is 3.18. The van der Waals surface area contributed by atoms with Gasteiger partial charge in [0.05, 0.1) is 12.3 Å². The first kappa shape index (κ1) is 15.5. The van der Waals surface area contributed by atoms with Crippen molar-refractivity contribution in [3.05, 3.63) is 29.0 Å². The smallest absolute Gasteiger partial charge is 0.185 e. The number of hydrogen-bond donors (Lipinski definition) is 1. The van der Waals surface area contributed by atoms with Crippen LogP contribution >= 0.6 is 11.3 Å². The Bertz CT molecular complexity index is 609. The maximum atomic E-state index is 5.89. The fourth-order valence-electron chi connectivity index (χ4n) is 2.76. The Morgan fingerprint density at radius 2 is 2.32 bits per heavy atom. The standard InChI is InChI=1S/C15H23N5OS/c1-19(2)15-17-9-13(22-15)8-16-6-11-4-5-21-14(11)12-7-18-20(3)10-12/h7,9-11,14,16H,4-6,8H2,1-3H3. The van der Waals surface area contributed by atoms with Gasteiger partial charge in [0.25, 0.3) is 0 Å². The van der Waals surface area contributed by atoms with E-state index in [0.29, 0.717) is 5.92 Å². The average molecular weight is 321 g/mol. The molecule has 22 heavy (non-hydrogen) atoms. The van der Waals surface area contributed by atoms with Gasteiger partial charge in [-0.1, -0.05) is 0 Å². The van der Waals surface area contributed by atoms with E-state index in [-0.39, 0.29) is 6.10 Å². The number of aryl methyl sites for hydroxylation is 1. The summed E-state index contributed by atoms with van der Waals surface area (Å²) < 4.78 is 7.73. The number of aromatic nitrogens is 3. The quantitative estimate of drug-likeness (QED) is 0.879. The molecule has 1 N–H and O–H groups in total. The summed E-state index contributed by atoms with van der Waals surface area (Å²) in [5.74, 6) is 0.505. The minimum atomic E-state index is 0.167. The van der Waals surface area contributed by atoms with Crippen molar-refractivity contribution in [3.8, 4) is 0 Å². The third-order valence-corrected chi connectivity index (χ3v) is 5.06. The molecule has 120 valence electrons. The molecule has 1 fully saturated rings. The molecule has 0 aromatic carbocycles. The van der Waals surface area contributed by atoms with Gasteiger partial charge in [-0.05, 0) is 6.42 Å². The van der Waals surface area contributed by atoms with Gasteiger partial charge in [-0.3, -0.25) is 4.68 Å². The number of hydrogen-bond acceptors (Lipinski definition) is 6. The van der Waals surface area contributed by atoms with Crippen molar-refractivity contribution < 1.29 is 4.74 Å². The van der Waals surface area contributed by atoms with Crippen LogP contribution in [0.4, 0.5) is 5.13 Å². The highest BCUT2D eigenvalue weighted by molar-refractivity contribution is 7.15. The first-order valence-corrected chi connectivity index (χ1v) is 8.38. The first-order valence-electron chi connectivity index (χ1n) is 7.56. The third kappa shape index (κ3) is 3.48. The maximum Gasteiger partial charge on any atom is 0.185 e. The van der Waals surface area contributed by atoms with Crippen molar-refractivity contribution in [2.24, 2.45) is 13.0 Å². The van der Waals surface area contributed by atoms with Crippen LogP contribution in [0.25, 0.3) is 0 Å². The number of nitrogens with one attached hydrogen (secondary N) is 1. The number of nitrogens with zero attached hydrogens (tertiary/aromatic N) is 4. The summed E-state index contributed by atoms with van der Waals surface area (Å²) in [6.45, 7) is 2.65. The Morgan fingerprint density at radius 3 is 3.00 bits per heavy atom. The zero-order chi connectivity index (χ0) is 15.5. The van der Waals surface area contributed by atoms with E-state index in [1.54, 1.807) is 11.3 Å². The zero-order valence-electron chi connectivity index (χ0n) is 13.3. The van der Waals surface area contributed by atoms with Crippen LogP contribution in [-0.2, 0) is 18.3 Å². The number of ether oxygens (including phenoxy) is 1. The van der Waals surface area contributed by atoms with Crippen molar-refractivity contribution in [2.75, 3.05) is 32.1 Å². The van der Waals surface area contributed by atoms with E-state index in [1.165, 1.54) is 10.4 Å². The lowest BCUT2D eigenvalue weighted by Crippen LogP contribution is -2.24. The summed E-state index contributed by atoms with van der Waals surface area (Å²) in [6.07, 6.45) is 7.18. The molecular formula is C15H23N5OS. The minimum absolute atomic E-state index is 0.167. The molecule has 0 saturated carbocycles. The summed E-state index contributed by atoms with van der Waals surface area (Å²) in [5.41, 5.74) is 1.18. The van der Waals surface area contributed by atoms with Gasteiger partial charge in [0.2, 0.25) is 0 Å². The fourth-order valence-corrected chi connectivity index (χ4v) is 3.57. The first-order chi connectivity index (χ1) is 10.6. The fraction of sp³-hybridized carbons (Fsp3) is 0.600. The van der Waals surface area contributed by atoms with Crippen molar-refractivity contribution >= 4 is 16.5 Å². The Kier molecular flexibility index (Phi) is 4.75. The van der Waals surface area contributed by atoms with Gasteiger partial charge in [0, 0.05) is 69.6 Å². The van der Waals surface area contributed by atoms with Crippen molar-refractivity contribution in [1.82, 2.24) is 20.1 Å². The summed E-state index contributed by atoms with van der Waals surface area (Å²) in [7, 11) is 5.98. The van der Waals surface area contributed by atoms with Gasteiger partial charge in [-0.25, -0.2) is 4.98 Å². The molecule has 7 heteroatoms. The largest absolute Gasteiger partial charge is 0.373 e. The van der Waals surface area contributed by atoms with E-state index in [4.69, 9.17) is 4.74 Å². The Hall–Kier alpha value is -1.44. The molecule has 2 unspecified atom stereocenters. The van der Waals surface area contributed by atoms with Gasteiger partial charge in [0.15, 0.2) is 5.13 Å². The summed E-state index contributed by atoms with van der Waals surface area (Å²) >= 11 is 1.73. The van der Waals surface area contributed by atoms with Crippen LogP contribution in [0.2, 0.25) is 0 Å². The van der Waals surface area contributed by atoms with Crippen LogP contribution in [0.3, 0.4) is 0 Å². The second-order valence-corrected chi connectivity index (χ2v) is 7.02. The van der Waals surface area contributed by atoms with Gasteiger partial charge in [0.1, 0.15) is 0 Å². The van der Waals surface area contributed by atoms with Gasteiger partial charge < -0.3 is 15.0 Å². The lowest BCUT2D eigenvalue weighted by molar-refractivity contribution is 0.0904. The zero-order valence-corrected chi connectivity index (χ0v) is 14.1. The van der Waals surface area contributed by atoms with Gasteiger partial charge in [-0.2, -0.15) is 5.10 Å². The minimum Gasteiger partial charge on any atom is -0.373 e. The number of thiazole rings is 1. The molecule has 1 aliphatic rings. The molecule has 1 saturated heterocycles. The second kappa shape index (κ2) is 6.76. The highest BCUT2D eigenvalue weighted by atomic mass is 32.1. The maximum absolute atomic E-state index is 5.89. The summed E-state index contributed by atoms with van der Waals surface area (Å²) in [6, 6.07) is 0. The summed E-state index contributed by atoms with van der Waals surface area (Å²) in [5, 5.41) is 8.85. The van der Waals surface area contributed by atoms with Crippen LogP contribution in [0.5, 0.6) is 0 Å². The molecule has 2 aromatic heterocycles. The molecule has 3 heterocycles. The molecule has 2 aromatic rings. The van der Waals surface area contributed by atoms with E-state index < -0.39 is 0 Å². The van der Waals surface area contributed by atoms with Crippen LogP contribution < -0.4 is 10.2 Å². The van der Waals surface area contributed by atoms with E-state index in [0.717, 1.165) is 31.2 Å². The third-order valence-electron chi connectivity index (χ3n) is 3.90. The van der Waals surface area contributed by atoms with Crippen molar-refractivity contribution in [1.29, 1.82) is 0 Å². The molecule has 0 aliphatic carbocycles. The molecule has 0 radical (unpaired) electrons. The predicted molar refractivity (Wildman–Crippen MR) is 88.2 cm³/mol. The van der Waals surface area contributed by atoms with Crippen LogP contribution in [0.1, 0.15) is 23.0 Å². The van der Waals surface area contributed by atoms with E-state index >= 15 is 0 Å². The molecule has 0 spiro atoms. The molecule has 0 bridgehead atoms. The van der Waals surface area contributed by atoms with Crippen LogP contribution in [-0.4, -0.2) is 42.0 Å². The molecule has 0 amide bonds. The van der Waals surface area contributed by atoms with E-state index in [2.05, 4.69) is 21.6 Å². The highest BCUT2D eigenvalue weighted by Gasteiger charge is 2.30. The predicted octanol–water partition coefficient (Wildman–Crippen LogP) is 1.81.